The van der Waals surface area contributed by atoms with E-state index in [1.807, 2.05) is 12.1 Å². The molecular formula is C14H23NO2. The van der Waals surface area contributed by atoms with Crippen molar-refractivity contribution in [2.75, 3.05) is 26.9 Å². The van der Waals surface area contributed by atoms with Crippen LogP contribution < -0.4 is 10.1 Å². The molecule has 1 N–H and O–H groups in total. The van der Waals surface area contributed by atoms with Gasteiger partial charge in [-0.05, 0) is 31.0 Å². The summed E-state index contributed by atoms with van der Waals surface area (Å²) in [5.74, 6) is 0.896. The lowest BCUT2D eigenvalue weighted by Crippen LogP contribution is -2.23. The van der Waals surface area contributed by atoms with Crippen LogP contribution in [0.15, 0.2) is 24.3 Å². The zero-order chi connectivity index (χ0) is 12.5. The van der Waals surface area contributed by atoms with Crippen molar-refractivity contribution in [3.05, 3.63) is 29.8 Å². The Balaban J connectivity index is 2.28. The molecule has 0 aliphatic carbocycles. The number of ether oxygens (including phenoxy) is 2. The first-order chi connectivity index (χ1) is 8.27. The van der Waals surface area contributed by atoms with Gasteiger partial charge in [-0.2, -0.15) is 0 Å². The second-order valence-corrected chi connectivity index (χ2v) is 4.06. The molecule has 0 radical (unpaired) electrons. The quantitative estimate of drug-likeness (QED) is 0.705. The van der Waals surface area contributed by atoms with E-state index in [9.17, 15) is 0 Å². The van der Waals surface area contributed by atoms with Gasteiger partial charge in [-0.1, -0.05) is 19.1 Å². The molecule has 0 bridgehead atoms. The lowest BCUT2D eigenvalue weighted by molar-refractivity contribution is 0.135. The summed E-state index contributed by atoms with van der Waals surface area (Å²) in [6, 6.07) is 8.49. The fraction of sp³-hybridized carbons (Fsp3) is 0.571. The molecule has 96 valence electrons. The molecule has 1 aromatic rings. The zero-order valence-electron chi connectivity index (χ0n) is 11.0. The number of rotatable bonds is 8. The van der Waals surface area contributed by atoms with E-state index in [0.717, 1.165) is 31.9 Å². The second-order valence-electron chi connectivity index (χ2n) is 4.06. The van der Waals surface area contributed by atoms with Crippen molar-refractivity contribution in [1.82, 2.24) is 5.32 Å². The Morgan fingerprint density at radius 2 is 1.88 bits per heavy atom. The molecule has 1 atom stereocenters. The first-order valence-corrected chi connectivity index (χ1v) is 6.23. The van der Waals surface area contributed by atoms with Crippen LogP contribution in [0.1, 0.15) is 31.9 Å². The van der Waals surface area contributed by atoms with Crippen molar-refractivity contribution >= 4 is 0 Å². The number of hydrogen-bond donors (Lipinski definition) is 1. The van der Waals surface area contributed by atoms with Crippen LogP contribution in [0.5, 0.6) is 5.75 Å². The van der Waals surface area contributed by atoms with Crippen molar-refractivity contribution in [3.63, 3.8) is 0 Å². The molecule has 0 heterocycles. The van der Waals surface area contributed by atoms with Gasteiger partial charge in [-0.25, -0.2) is 0 Å². The van der Waals surface area contributed by atoms with Crippen molar-refractivity contribution < 1.29 is 9.47 Å². The molecule has 3 nitrogen and oxygen atoms in total. The molecule has 0 saturated carbocycles. The molecule has 3 heteroatoms. The molecule has 0 aliphatic heterocycles. The predicted molar refractivity (Wildman–Crippen MR) is 70.5 cm³/mol. The lowest BCUT2D eigenvalue weighted by atomic mass is 10.1. The van der Waals surface area contributed by atoms with E-state index in [-0.39, 0.29) is 0 Å². The van der Waals surface area contributed by atoms with Crippen molar-refractivity contribution in [2.24, 2.45) is 0 Å². The predicted octanol–water partition coefficient (Wildman–Crippen LogP) is 2.77. The molecule has 0 fully saturated rings. The van der Waals surface area contributed by atoms with Crippen LogP contribution >= 0.6 is 0 Å². The van der Waals surface area contributed by atoms with Gasteiger partial charge in [0.2, 0.25) is 0 Å². The zero-order valence-corrected chi connectivity index (χ0v) is 11.0. The molecular weight excluding hydrogens is 214 g/mol. The Bertz CT molecular complexity index is 298. The van der Waals surface area contributed by atoms with Crippen LogP contribution in [-0.2, 0) is 4.74 Å². The number of benzene rings is 1. The Kier molecular flexibility index (Phi) is 6.67. The van der Waals surface area contributed by atoms with Crippen molar-refractivity contribution in [3.8, 4) is 5.75 Å². The van der Waals surface area contributed by atoms with E-state index in [4.69, 9.17) is 9.47 Å². The molecule has 0 spiro atoms. The summed E-state index contributed by atoms with van der Waals surface area (Å²) >= 11 is 0. The number of hydrogen-bond acceptors (Lipinski definition) is 3. The second kappa shape index (κ2) is 8.09. The molecule has 0 saturated heterocycles. The fourth-order valence-electron chi connectivity index (χ4n) is 1.60. The summed E-state index contributed by atoms with van der Waals surface area (Å²) < 4.78 is 10.6. The maximum atomic E-state index is 5.42. The van der Waals surface area contributed by atoms with Gasteiger partial charge in [-0.3, -0.25) is 0 Å². The van der Waals surface area contributed by atoms with E-state index in [0.29, 0.717) is 6.04 Å². The van der Waals surface area contributed by atoms with Crippen LogP contribution in [0.25, 0.3) is 0 Å². The minimum Gasteiger partial charge on any atom is -0.497 e. The SMILES string of the molecule is CCCOCCN[C@H](C)c1ccc(OC)cc1. The highest BCUT2D eigenvalue weighted by Gasteiger charge is 2.03. The average molecular weight is 237 g/mol. The minimum absolute atomic E-state index is 0.339. The van der Waals surface area contributed by atoms with Gasteiger partial charge in [-0.15, -0.1) is 0 Å². The van der Waals surface area contributed by atoms with E-state index in [1.165, 1.54) is 5.56 Å². The topological polar surface area (TPSA) is 30.5 Å². The average Bonchev–Trinajstić information content (AvgIpc) is 2.38. The smallest absolute Gasteiger partial charge is 0.118 e. The first kappa shape index (κ1) is 14.0. The van der Waals surface area contributed by atoms with Gasteiger partial charge in [0.25, 0.3) is 0 Å². The van der Waals surface area contributed by atoms with Crippen LogP contribution in [-0.4, -0.2) is 26.9 Å². The molecule has 0 amide bonds. The largest absolute Gasteiger partial charge is 0.497 e. The third kappa shape index (κ3) is 5.20. The fourth-order valence-corrected chi connectivity index (χ4v) is 1.60. The molecule has 17 heavy (non-hydrogen) atoms. The Hall–Kier alpha value is -1.06. The number of nitrogens with one attached hydrogen (secondary N) is 1. The highest BCUT2D eigenvalue weighted by atomic mass is 16.5. The molecule has 0 aromatic heterocycles. The van der Waals surface area contributed by atoms with Gasteiger partial charge in [0, 0.05) is 19.2 Å². The lowest BCUT2D eigenvalue weighted by Gasteiger charge is -2.14. The van der Waals surface area contributed by atoms with Gasteiger partial charge in [0.1, 0.15) is 5.75 Å². The van der Waals surface area contributed by atoms with Crippen LogP contribution in [0.3, 0.4) is 0 Å². The van der Waals surface area contributed by atoms with Crippen molar-refractivity contribution in [2.45, 2.75) is 26.3 Å². The summed E-state index contributed by atoms with van der Waals surface area (Å²) in [6.45, 7) is 6.77. The highest BCUT2D eigenvalue weighted by Crippen LogP contribution is 2.16. The Morgan fingerprint density at radius 1 is 1.18 bits per heavy atom. The molecule has 0 unspecified atom stereocenters. The van der Waals surface area contributed by atoms with Gasteiger partial charge in [0.05, 0.1) is 13.7 Å². The third-order valence-corrected chi connectivity index (χ3v) is 2.66. The summed E-state index contributed by atoms with van der Waals surface area (Å²) in [5, 5.41) is 3.43. The molecule has 1 aromatic carbocycles. The van der Waals surface area contributed by atoms with E-state index >= 15 is 0 Å². The van der Waals surface area contributed by atoms with E-state index in [2.05, 4.69) is 31.3 Å². The maximum Gasteiger partial charge on any atom is 0.118 e. The highest BCUT2D eigenvalue weighted by molar-refractivity contribution is 5.28. The van der Waals surface area contributed by atoms with Crippen molar-refractivity contribution in [1.29, 1.82) is 0 Å². The summed E-state index contributed by atoms with van der Waals surface area (Å²) in [6.07, 6.45) is 1.08. The maximum absolute atomic E-state index is 5.42. The third-order valence-electron chi connectivity index (χ3n) is 2.66. The first-order valence-electron chi connectivity index (χ1n) is 6.23. The summed E-state index contributed by atoms with van der Waals surface area (Å²) in [5.41, 5.74) is 1.27. The van der Waals surface area contributed by atoms with E-state index in [1.54, 1.807) is 7.11 Å². The van der Waals surface area contributed by atoms with E-state index < -0.39 is 0 Å². The molecule has 0 aliphatic rings. The van der Waals surface area contributed by atoms with Crippen LogP contribution in [0.2, 0.25) is 0 Å². The Morgan fingerprint density at radius 3 is 2.47 bits per heavy atom. The Labute approximate surface area is 104 Å². The summed E-state index contributed by atoms with van der Waals surface area (Å²) in [7, 11) is 1.68. The van der Waals surface area contributed by atoms with Crippen LogP contribution in [0, 0.1) is 0 Å². The van der Waals surface area contributed by atoms with Gasteiger partial charge in [0.15, 0.2) is 0 Å². The normalized spacial score (nSPS) is 12.4. The van der Waals surface area contributed by atoms with Gasteiger partial charge >= 0.3 is 0 Å². The number of methoxy groups -OCH3 is 1. The van der Waals surface area contributed by atoms with Crippen LogP contribution in [0.4, 0.5) is 0 Å². The minimum atomic E-state index is 0.339. The standard InChI is InChI=1S/C14H23NO2/c1-4-10-17-11-9-15-12(2)13-5-7-14(16-3)8-6-13/h5-8,12,15H,4,9-11H2,1-3H3/t12-/m1/s1. The monoisotopic (exact) mass is 237 g/mol. The van der Waals surface area contributed by atoms with Gasteiger partial charge < -0.3 is 14.8 Å². The molecule has 1 rings (SSSR count). The summed E-state index contributed by atoms with van der Waals surface area (Å²) in [4.78, 5) is 0.